The van der Waals surface area contributed by atoms with Crippen molar-refractivity contribution < 1.29 is 38.1 Å². The van der Waals surface area contributed by atoms with Crippen LogP contribution >= 0.6 is 0 Å². The largest absolute Gasteiger partial charge is 0.497 e. The fourth-order valence-electron chi connectivity index (χ4n) is 4.24. The van der Waals surface area contributed by atoms with E-state index >= 15 is 0 Å². The number of aliphatic carboxylic acids is 2. The van der Waals surface area contributed by atoms with Crippen LogP contribution in [-0.4, -0.2) is 53.8 Å². The summed E-state index contributed by atoms with van der Waals surface area (Å²) < 4.78 is 38.1. The second-order valence-corrected chi connectivity index (χ2v) is 8.91. The molecule has 0 bridgehead atoms. The van der Waals surface area contributed by atoms with Gasteiger partial charge in [0.15, 0.2) is 0 Å². The maximum Gasteiger partial charge on any atom is 0.414 e. The molecular weight excluding hydrogens is 508 g/mol. The molecule has 0 saturated heterocycles. The Kier molecular flexibility index (Phi) is 11.0. The number of methoxy groups -OCH3 is 1. The van der Waals surface area contributed by atoms with Gasteiger partial charge < -0.3 is 19.7 Å². The first kappa shape index (κ1) is 29.3. The number of rotatable bonds is 9. The molecular formula is C30H31F2NO6. The van der Waals surface area contributed by atoms with Crippen LogP contribution in [0.3, 0.4) is 0 Å². The Labute approximate surface area is 225 Å². The van der Waals surface area contributed by atoms with E-state index in [1.54, 1.807) is 7.11 Å². The summed E-state index contributed by atoms with van der Waals surface area (Å²) in [5.74, 6) is -1.48. The van der Waals surface area contributed by atoms with Crippen molar-refractivity contribution in [3.63, 3.8) is 0 Å². The number of carboxylic acid groups (broad SMARTS) is 2. The van der Waals surface area contributed by atoms with E-state index in [1.165, 1.54) is 24.3 Å². The van der Waals surface area contributed by atoms with Gasteiger partial charge in [-0.2, -0.15) is 0 Å². The molecule has 206 valence electrons. The van der Waals surface area contributed by atoms with Crippen molar-refractivity contribution in [2.24, 2.45) is 0 Å². The molecule has 0 unspecified atom stereocenters. The SMILES string of the molecule is COc1cccc(OC2=CCN(CCCC(c3ccc(F)cc3)c3ccc(F)cc3)CC2)c1.O=C(O)C(=O)O. The van der Waals surface area contributed by atoms with Gasteiger partial charge in [0.25, 0.3) is 0 Å². The fourth-order valence-corrected chi connectivity index (χ4v) is 4.24. The number of carbonyl (C=O) groups is 2. The molecule has 3 aromatic carbocycles. The van der Waals surface area contributed by atoms with Gasteiger partial charge in [-0.15, -0.1) is 0 Å². The van der Waals surface area contributed by atoms with E-state index in [4.69, 9.17) is 29.3 Å². The van der Waals surface area contributed by atoms with E-state index in [1.807, 2.05) is 48.5 Å². The molecule has 1 heterocycles. The molecule has 0 aliphatic carbocycles. The number of carboxylic acids is 2. The van der Waals surface area contributed by atoms with Gasteiger partial charge in [-0.05, 0) is 73.0 Å². The highest BCUT2D eigenvalue weighted by atomic mass is 19.1. The Morgan fingerprint density at radius 2 is 1.46 bits per heavy atom. The zero-order chi connectivity index (χ0) is 28.2. The van der Waals surface area contributed by atoms with Crippen molar-refractivity contribution in [2.75, 3.05) is 26.7 Å². The predicted octanol–water partition coefficient (Wildman–Crippen LogP) is 5.71. The van der Waals surface area contributed by atoms with Crippen LogP contribution in [0, 0.1) is 11.6 Å². The summed E-state index contributed by atoms with van der Waals surface area (Å²) in [7, 11) is 1.65. The van der Waals surface area contributed by atoms with Gasteiger partial charge >= 0.3 is 11.9 Å². The molecule has 4 rings (SSSR count). The lowest BCUT2D eigenvalue weighted by atomic mass is 9.87. The molecule has 0 atom stereocenters. The van der Waals surface area contributed by atoms with Crippen LogP contribution in [0.25, 0.3) is 0 Å². The highest BCUT2D eigenvalue weighted by Gasteiger charge is 2.17. The lowest BCUT2D eigenvalue weighted by Gasteiger charge is -2.27. The van der Waals surface area contributed by atoms with Crippen LogP contribution < -0.4 is 9.47 Å². The first-order chi connectivity index (χ1) is 18.7. The van der Waals surface area contributed by atoms with Crippen molar-refractivity contribution in [1.82, 2.24) is 4.90 Å². The number of benzene rings is 3. The number of hydrogen-bond acceptors (Lipinski definition) is 5. The van der Waals surface area contributed by atoms with E-state index in [2.05, 4.69) is 11.0 Å². The third-order valence-corrected chi connectivity index (χ3v) is 6.24. The average Bonchev–Trinajstić information content (AvgIpc) is 2.94. The van der Waals surface area contributed by atoms with Crippen LogP contribution in [0.1, 0.15) is 36.3 Å². The molecule has 39 heavy (non-hydrogen) atoms. The maximum atomic E-state index is 13.4. The molecule has 2 N–H and O–H groups in total. The van der Waals surface area contributed by atoms with E-state index in [0.29, 0.717) is 0 Å². The molecule has 0 fully saturated rings. The first-order valence-electron chi connectivity index (χ1n) is 12.5. The molecule has 3 aromatic rings. The third kappa shape index (κ3) is 9.54. The van der Waals surface area contributed by atoms with Gasteiger partial charge in [0.05, 0.1) is 7.11 Å². The predicted molar refractivity (Wildman–Crippen MR) is 142 cm³/mol. The van der Waals surface area contributed by atoms with Crippen LogP contribution in [0.5, 0.6) is 11.5 Å². The fraction of sp³-hybridized carbons (Fsp3) is 0.267. The number of hydrogen-bond donors (Lipinski definition) is 2. The number of nitrogens with zero attached hydrogens (tertiary/aromatic N) is 1. The highest BCUT2D eigenvalue weighted by molar-refractivity contribution is 6.27. The van der Waals surface area contributed by atoms with E-state index in [-0.39, 0.29) is 17.6 Å². The zero-order valence-corrected chi connectivity index (χ0v) is 21.6. The molecule has 0 spiro atoms. The van der Waals surface area contributed by atoms with E-state index in [9.17, 15) is 8.78 Å². The van der Waals surface area contributed by atoms with Crippen LogP contribution in [0.2, 0.25) is 0 Å². The van der Waals surface area contributed by atoms with Crippen molar-refractivity contribution in [3.05, 3.63) is 107 Å². The Hall–Kier alpha value is -4.24. The minimum absolute atomic E-state index is 0.110. The van der Waals surface area contributed by atoms with E-state index in [0.717, 1.165) is 67.3 Å². The summed E-state index contributed by atoms with van der Waals surface area (Å²) >= 11 is 0. The lowest BCUT2D eigenvalue weighted by molar-refractivity contribution is -0.159. The smallest absolute Gasteiger partial charge is 0.414 e. The highest BCUT2D eigenvalue weighted by Crippen LogP contribution is 2.30. The monoisotopic (exact) mass is 539 g/mol. The molecule has 1 aliphatic heterocycles. The van der Waals surface area contributed by atoms with E-state index < -0.39 is 11.9 Å². The Morgan fingerprint density at radius 3 is 1.95 bits per heavy atom. The Balaban J connectivity index is 0.000000631. The van der Waals surface area contributed by atoms with Crippen LogP contribution in [0.4, 0.5) is 8.78 Å². The molecule has 0 saturated carbocycles. The Morgan fingerprint density at radius 1 is 0.897 bits per heavy atom. The second kappa shape index (κ2) is 14.6. The summed E-state index contributed by atoms with van der Waals surface area (Å²) in [4.78, 5) is 20.6. The van der Waals surface area contributed by atoms with Crippen molar-refractivity contribution in [2.45, 2.75) is 25.2 Å². The average molecular weight is 540 g/mol. The van der Waals surface area contributed by atoms with Gasteiger partial charge in [0, 0.05) is 31.5 Å². The molecule has 9 heteroatoms. The normalized spacial score (nSPS) is 13.2. The van der Waals surface area contributed by atoms with Gasteiger partial charge in [0.2, 0.25) is 0 Å². The van der Waals surface area contributed by atoms with Gasteiger partial charge in [-0.25, -0.2) is 18.4 Å². The quantitative estimate of drug-likeness (QED) is 0.336. The number of ether oxygens (including phenoxy) is 2. The topological polar surface area (TPSA) is 96.3 Å². The summed E-state index contributed by atoms with van der Waals surface area (Å²) in [6.07, 6.45) is 4.89. The van der Waals surface area contributed by atoms with Crippen molar-refractivity contribution in [3.8, 4) is 11.5 Å². The summed E-state index contributed by atoms with van der Waals surface area (Å²) in [6.45, 7) is 2.74. The van der Waals surface area contributed by atoms with Crippen LogP contribution in [0.15, 0.2) is 84.6 Å². The zero-order valence-electron chi connectivity index (χ0n) is 21.6. The minimum Gasteiger partial charge on any atom is -0.497 e. The second-order valence-electron chi connectivity index (χ2n) is 8.91. The van der Waals surface area contributed by atoms with Gasteiger partial charge in [-0.3, -0.25) is 4.90 Å². The standard InChI is InChI=1S/C28H29F2NO2.C2H2O4/c1-32-26-4-2-5-27(20-26)33-25-15-18-31(19-16-25)17-3-6-28(21-7-11-23(29)12-8-21)22-9-13-24(30)14-10-22;3-1(4)2(5)6/h2,4-5,7-15,20,28H,3,6,16-19H2,1H3;(H,3,4)(H,5,6). The molecule has 0 aromatic heterocycles. The third-order valence-electron chi connectivity index (χ3n) is 6.24. The van der Waals surface area contributed by atoms with Crippen molar-refractivity contribution >= 4 is 11.9 Å². The Bertz CT molecular complexity index is 1200. The summed E-state index contributed by atoms with van der Waals surface area (Å²) in [5.41, 5.74) is 2.10. The summed E-state index contributed by atoms with van der Waals surface area (Å²) in [6, 6.07) is 20.9. The lowest BCUT2D eigenvalue weighted by Crippen LogP contribution is -2.30. The summed E-state index contributed by atoms with van der Waals surface area (Å²) in [5, 5.41) is 14.8. The molecule has 1 aliphatic rings. The first-order valence-corrected chi connectivity index (χ1v) is 12.5. The number of halogens is 2. The minimum atomic E-state index is -1.82. The molecule has 7 nitrogen and oxygen atoms in total. The molecule has 0 amide bonds. The van der Waals surface area contributed by atoms with Gasteiger partial charge in [-0.1, -0.05) is 30.3 Å². The van der Waals surface area contributed by atoms with Crippen LogP contribution in [-0.2, 0) is 9.59 Å². The van der Waals surface area contributed by atoms with Crippen molar-refractivity contribution in [1.29, 1.82) is 0 Å². The van der Waals surface area contributed by atoms with Gasteiger partial charge in [0.1, 0.15) is 28.9 Å². The molecule has 0 radical (unpaired) electrons. The maximum absolute atomic E-state index is 13.4.